The molecule has 0 aromatic rings. The Morgan fingerprint density at radius 2 is 1.92 bits per heavy atom. The quantitative estimate of drug-likeness (QED) is 0.507. The summed E-state index contributed by atoms with van der Waals surface area (Å²) in [7, 11) is 0. The second kappa shape index (κ2) is 9.14. The molecule has 0 aromatic carbocycles. The first-order chi connectivity index (χ1) is 11.5. The smallest absolute Gasteiger partial charge is 0.303 e. The monoisotopic (exact) mass is 334 g/mol. The van der Waals surface area contributed by atoms with Crippen LogP contribution in [-0.2, 0) is 14.4 Å². The number of ketones is 2. The van der Waals surface area contributed by atoms with Gasteiger partial charge in [-0.15, -0.1) is 0 Å². The first-order valence-electron chi connectivity index (χ1n) is 9.46. The largest absolute Gasteiger partial charge is 0.481 e. The third-order valence-corrected chi connectivity index (χ3v) is 5.76. The SMILES string of the molecule is CCCCC1C(=O)CC[C@H]2[C@@H]1CC(=O)[C@@H]2CC=CCCCC(=O)O. The lowest BCUT2D eigenvalue weighted by atomic mass is 9.69. The van der Waals surface area contributed by atoms with Crippen molar-refractivity contribution in [2.24, 2.45) is 23.7 Å². The Hall–Kier alpha value is -1.45. The predicted octanol–water partition coefficient (Wildman–Crippen LogP) is 4.18. The minimum Gasteiger partial charge on any atom is -0.481 e. The maximum atomic E-state index is 12.5. The maximum Gasteiger partial charge on any atom is 0.303 e. The van der Waals surface area contributed by atoms with Gasteiger partial charge in [-0.3, -0.25) is 14.4 Å². The zero-order chi connectivity index (χ0) is 17.5. The number of rotatable bonds is 9. The topological polar surface area (TPSA) is 71.4 Å². The number of carbonyl (C=O) groups excluding carboxylic acids is 2. The van der Waals surface area contributed by atoms with E-state index in [1.165, 1.54) is 0 Å². The normalized spacial score (nSPS) is 30.0. The first-order valence-corrected chi connectivity index (χ1v) is 9.46. The summed E-state index contributed by atoms with van der Waals surface area (Å²) in [6.07, 6.45) is 11.6. The zero-order valence-corrected chi connectivity index (χ0v) is 14.7. The van der Waals surface area contributed by atoms with Crippen LogP contribution in [0.2, 0.25) is 0 Å². The van der Waals surface area contributed by atoms with Crippen molar-refractivity contribution in [1.29, 1.82) is 0 Å². The highest BCUT2D eigenvalue weighted by atomic mass is 16.4. The highest BCUT2D eigenvalue weighted by Gasteiger charge is 2.48. The Balaban J connectivity index is 1.88. The molecule has 0 heterocycles. The molecule has 134 valence electrons. The second-order valence-corrected chi connectivity index (χ2v) is 7.35. The number of allylic oxidation sites excluding steroid dienone is 2. The number of fused-ring (bicyclic) bond motifs is 1. The summed E-state index contributed by atoms with van der Waals surface area (Å²) in [5.41, 5.74) is 0. The lowest BCUT2D eigenvalue weighted by Gasteiger charge is -2.34. The summed E-state index contributed by atoms with van der Waals surface area (Å²) in [6, 6.07) is 0. The molecule has 4 atom stereocenters. The molecule has 2 aliphatic rings. The van der Waals surface area contributed by atoms with Crippen LogP contribution in [0.3, 0.4) is 0 Å². The zero-order valence-electron chi connectivity index (χ0n) is 14.7. The minimum atomic E-state index is -0.762. The van der Waals surface area contributed by atoms with Gasteiger partial charge in [0, 0.05) is 31.1 Å². The van der Waals surface area contributed by atoms with E-state index in [0.717, 1.165) is 38.5 Å². The van der Waals surface area contributed by atoms with Gasteiger partial charge in [-0.25, -0.2) is 0 Å². The second-order valence-electron chi connectivity index (χ2n) is 7.35. The number of carbonyl (C=O) groups is 3. The summed E-state index contributed by atoms with van der Waals surface area (Å²) in [5.74, 6) is 0.775. The summed E-state index contributed by atoms with van der Waals surface area (Å²) in [5, 5.41) is 8.62. The molecule has 4 heteroatoms. The van der Waals surface area contributed by atoms with Gasteiger partial charge in [-0.1, -0.05) is 31.9 Å². The lowest BCUT2D eigenvalue weighted by molar-refractivity contribution is -0.137. The number of Topliss-reactive ketones (excluding diaryl/α,β-unsaturated/α-hetero) is 2. The Morgan fingerprint density at radius 3 is 2.62 bits per heavy atom. The molecule has 2 saturated carbocycles. The van der Waals surface area contributed by atoms with Gasteiger partial charge >= 0.3 is 5.97 Å². The van der Waals surface area contributed by atoms with Crippen molar-refractivity contribution in [2.45, 2.75) is 71.1 Å². The van der Waals surface area contributed by atoms with E-state index >= 15 is 0 Å². The molecule has 1 N–H and O–H groups in total. The van der Waals surface area contributed by atoms with E-state index in [4.69, 9.17) is 5.11 Å². The van der Waals surface area contributed by atoms with E-state index in [1.54, 1.807) is 0 Å². The Bertz CT molecular complexity index is 494. The summed E-state index contributed by atoms with van der Waals surface area (Å²) >= 11 is 0. The number of hydrogen-bond acceptors (Lipinski definition) is 3. The standard InChI is InChI=1S/C20H30O4/c1-2-3-8-16-17-13-19(22)15(14(17)11-12-18(16)21)9-6-4-5-7-10-20(23)24/h4,6,14-17H,2-3,5,7-13H2,1H3,(H,23,24)/t14-,15-,16?,17+/m1/s1. The fourth-order valence-corrected chi connectivity index (χ4v) is 4.50. The van der Waals surface area contributed by atoms with Crippen molar-refractivity contribution >= 4 is 17.5 Å². The van der Waals surface area contributed by atoms with Gasteiger partial charge in [0.2, 0.25) is 0 Å². The average molecular weight is 334 g/mol. The molecule has 24 heavy (non-hydrogen) atoms. The number of carboxylic acids is 1. The van der Waals surface area contributed by atoms with Crippen molar-refractivity contribution in [1.82, 2.24) is 0 Å². The Labute approximate surface area is 144 Å². The molecule has 0 amide bonds. The van der Waals surface area contributed by atoms with E-state index in [0.29, 0.717) is 36.7 Å². The molecule has 1 unspecified atom stereocenters. The van der Waals surface area contributed by atoms with Crippen molar-refractivity contribution in [3.05, 3.63) is 12.2 Å². The average Bonchev–Trinajstić information content (AvgIpc) is 2.85. The third kappa shape index (κ3) is 4.78. The van der Waals surface area contributed by atoms with Crippen molar-refractivity contribution in [3.63, 3.8) is 0 Å². The summed E-state index contributed by atoms with van der Waals surface area (Å²) in [4.78, 5) is 35.2. The molecule has 0 saturated heterocycles. The van der Waals surface area contributed by atoms with Crippen LogP contribution in [0, 0.1) is 23.7 Å². The van der Waals surface area contributed by atoms with Crippen molar-refractivity contribution < 1.29 is 19.5 Å². The van der Waals surface area contributed by atoms with Crippen LogP contribution in [0.5, 0.6) is 0 Å². The molecule has 4 nitrogen and oxygen atoms in total. The molecular formula is C20H30O4. The molecule has 2 fully saturated rings. The van der Waals surface area contributed by atoms with Gasteiger partial charge in [-0.2, -0.15) is 0 Å². The summed E-state index contributed by atoms with van der Waals surface area (Å²) in [6.45, 7) is 2.14. The summed E-state index contributed by atoms with van der Waals surface area (Å²) < 4.78 is 0. The van der Waals surface area contributed by atoms with Gasteiger partial charge in [-0.05, 0) is 43.9 Å². The molecule has 0 aromatic heterocycles. The van der Waals surface area contributed by atoms with Gasteiger partial charge in [0.05, 0.1) is 0 Å². The van der Waals surface area contributed by atoms with Gasteiger partial charge in [0.25, 0.3) is 0 Å². The Morgan fingerprint density at radius 1 is 1.12 bits per heavy atom. The fourth-order valence-electron chi connectivity index (χ4n) is 4.50. The van der Waals surface area contributed by atoms with Gasteiger partial charge in [0.1, 0.15) is 11.6 Å². The van der Waals surface area contributed by atoms with E-state index in [9.17, 15) is 14.4 Å². The number of carboxylic acid groups (broad SMARTS) is 1. The van der Waals surface area contributed by atoms with E-state index in [-0.39, 0.29) is 24.2 Å². The number of hydrogen-bond donors (Lipinski definition) is 1. The Kier molecular flexibility index (Phi) is 7.19. The van der Waals surface area contributed by atoms with Crippen LogP contribution in [0.15, 0.2) is 12.2 Å². The third-order valence-electron chi connectivity index (χ3n) is 5.76. The molecule has 2 rings (SSSR count). The van der Waals surface area contributed by atoms with Crippen LogP contribution in [0.25, 0.3) is 0 Å². The first kappa shape index (κ1) is 18.9. The number of unbranched alkanes of at least 4 members (excludes halogenated alkanes) is 2. The van der Waals surface area contributed by atoms with Gasteiger partial charge < -0.3 is 5.11 Å². The molecule has 0 spiro atoms. The van der Waals surface area contributed by atoms with Crippen molar-refractivity contribution in [2.75, 3.05) is 0 Å². The fraction of sp³-hybridized carbons (Fsp3) is 0.750. The highest BCUT2D eigenvalue weighted by Crippen LogP contribution is 2.48. The van der Waals surface area contributed by atoms with E-state index in [2.05, 4.69) is 6.92 Å². The molecule has 0 radical (unpaired) electrons. The molecule has 0 bridgehead atoms. The van der Waals surface area contributed by atoms with E-state index in [1.807, 2.05) is 12.2 Å². The van der Waals surface area contributed by atoms with Crippen LogP contribution in [-0.4, -0.2) is 22.6 Å². The van der Waals surface area contributed by atoms with E-state index < -0.39 is 5.97 Å². The number of aliphatic carboxylic acids is 1. The van der Waals surface area contributed by atoms with Crippen molar-refractivity contribution in [3.8, 4) is 0 Å². The maximum absolute atomic E-state index is 12.5. The van der Waals surface area contributed by atoms with Crippen LogP contribution in [0.4, 0.5) is 0 Å². The van der Waals surface area contributed by atoms with Crippen LogP contribution < -0.4 is 0 Å². The van der Waals surface area contributed by atoms with Gasteiger partial charge in [0.15, 0.2) is 0 Å². The lowest BCUT2D eigenvalue weighted by Crippen LogP contribution is -2.34. The minimum absolute atomic E-state index is 0.0722. The molecular weight excluding hydrogens is 304 g/mol. The predicted molar refractivity (Wildman–Crippen MR) is 92.6 cm³/mol. The molecule has 2 aliphatic carbocycles. The molecule has 0 aliphatic heterocycles. The highest BCUT2D eigenvalue weighted by molar-refractivity contribution is 5.88. The van der Waals surface area contributed by atoms with Crippen LogP contribution in [0.1, 0.15) is 71.1 Å². The van der Waals surface area contributed by atoms with Crippen LogP contribution >= 0.6 is 0 Å².